The van der Waals surface area contributed by atoms with Crippen molar-refractivity contribution in [2.75, 3.05) is 0 Å². The highest BCUT2D eigenvalue weighted by Gasteiger charge is 2.03. The van der Waals surface area contributed by atoms with E-state index in [1.54, 1.807) is 6.07 Å². The lowest BCUT2D eigenvalue weighted by Crippen LogP contribution is -2.11. The lowest BCUT2D eigenvalue weighted by Gasteiger charge is -1.99. The van der Waals surface area contributed by atoms with E-state index in [2.05, 4.69) is 25.2 Å². The zero-order chi connectivity index (χ0) is 12.3. The van der Waals surface area contributed by atoms with Gasteiger partial charge in [0, 0.05) is 16.3 Å². The van der Waals surface area contributed by atoms with Gasteiger partial charge in [-0.05, 0) is 37.6 Å². The fraction of sp³-hybridized carbons (Fsp3) is 0.385. The molecule has 0 bridgehead atoms. The molecule has 4 heteroatoms. The van der Waals surface area contributed by atoms with E-state index < -0.39 is 0 Å². The molecule has 0 radical (unpaired) electrons. The number of aliphatic hydroxyl groups is 1. The van der Waals surface area contributed by atoms with Crippen LogP contribution in [0.4, 0.5) is 0 Å². The van der Waals surface area contributed by atoms with Crippen LogP contribution in [0.1, 0.15) is 26.8 Å². The Balaban J connectivity index is 1.83. The van der Waals surface area contributed by atoms with Gasteiger partial charge < -0.3 is 14.8 Å². The van der Waals surface area contributed by atoms with E-state index in [9.17, 15) is 0 Å². The normalized spacial score (nSPS) is 11.0. The molecule has 0 fully saturated rings. The van der Waals surface area contributed by atoms with E-state index in [0.717, 1.165) is 12.3 Å². The van der Waals surface area contributed by atoms with Crippen LogP contribution in [0.25, 0.3) is 0 Å². The molecule has 17 heavy (non-hydrogen) atoms. The fourth-order valence-electron chi connectivity index (χ4n) is 1.65. The first-order valence-electron chi connectivity index (χ1n) is 5.64. The molecule has 2 heterocycles. The predicted molar refractivity (Wildman–Crippen MR) is 69.0 cm³/mol. The van der Waals surface area contributed by atoms with Gasteiger partial charge in [0.25, 0.3) is 0 Å². The van der Waals surface area contributed by atoms with Crippen LogP contribution in [0.15, 0.2) is 22.6 Å². The van der Waals surface area contributed by atoms with Gasteiger partial charge in [0.2, 0.25) is 0 Å². The minimum atomic E-state index is -0.0384. The third-order valence-electron chi connectivity index (χ3n) is 2.69. The molecule has 92 valence electrons. The van der Waals surface area contributed by atoms with E-state index >= 15 is 0 Å². The van der Waals surface area contributed by atoms with Crippen LogP contribution in [0, 0.1) is 13.8 Å². The Morgan fingerprint density at radius 2 is 2.00 bits per heavy atom. The minimum absolute atomic E-state index is 0.0384. The van der Waals surface area contributed by atoms with Gasteiger partial charge in [0.05, 0.1) is 6.54 Å². The van der Waals surface area contributed by atoms with E-state index in [4.69, 9.17) is 9.52 Å². The van der Waals surface area contributed by atoms with Crippen LogP contribution < -0.4 is 5.32 Å². The van der Waals surface area contributed by atoms with Crippen LogP contribution in [0.5, 0.6) is 0 Å². The number of hydrogen-bond donors (Lipinski definition) is 2. The van der Waals surface area contributed by atoms with Crippen LogP contribution in [0.2, 0.25) is 0 Å². The molecule has 2 aromatic heterocycles. The van der Waals surface area contributed by atoms with E-state index in [1.807, 2.05) is 17.4 Å². The highest BCUT2D eigenvalue weighted by molar-refractivity contribution is 7.12. The molecule has 0 aromatic carbocycles. The van der Waals surface area contributed by atoms with Gasteiger partial charge in [-0.15, -0.1) is 11.3 Å². The Labute approximate surface area is 105 Å². The van der Waals surface area contributed by atoms with Crippen molar-refractivity contribution in [3.05, 3.63) is 45.0 Å². The van der Waals surface area contributed by atoms with Gasteiger partial charge in [-0.3, -0.25) is 0 Å². The Hall–Kier alpha value is -1.10. The van der Waals surface area contributed by atoms with Gasteiger partial charge in [-0.1, -0.05) is 0 Å². The Morgan fingerprint density at radius 3 is 2.59 bits per heavy atom. The second-order valence-corrected chi connectivity index (χ2v) is 5.42. The molecule has 0 saturated carbocycles. The average Bonchev–Trinajstić information content (AvgIpc) is 2.87. The first-order chi connectivity index (χ1) is 8.19. The number of thiophene rings is 1. The number of furan rings is 1. The molecule has 0 aliphatic rings. The maximum absolute atomic E-state index is 8.88. The molecule has 2 aromatic rings. The number of hydrogen-bond acceptors (Lipinski definition) is 4. The van der Waals surface area contributed by atoms with Crippen molar-refractivity contribution in [2.24, 2.45) is 0 Å². The highest BCUT2D eigenvalue weighted by atomic mass is 32.1. The average molecular weight is 251 g/mol. The van der Waals surface area contributed by atoms with Crippen molar-refractivity contribution in [2.45, 2.75) is 33.5 Å². The largest absolute Gasteiger partial charge is 0.462 e. The lowest BCUT2D eigenvalue weighted by atomic mass is 10.3. The summed E-state index contributed by atoms with van der Waals surface area (Å²) in [7, 11) is 0. The van der Waals surface area contributed by atoms with Crippen LogP contribution in [-0.2, 0) is 19.7 Å². The fourth-order valence-corrected chi connectivity index (χ4v) is 2.67. The second kappa shape index (κ2) is 5.49. The smallest absolute Gasteiger partial charge is 0.129 e. The standard InChI is InChI=1S/C13H17NO2S/c1-9-5-13(17-10(9)2)7-14-6-11-3-4-12(8-15)16-11/h3-5,14-15H,6-8H2,1-2H3. The van der Waals surface area contributed by atoms with Gasteiger partial charge in [0.15, 0.2) is 0 Å². The Bertz CT molecular complexity index is 468. The molecule has 0 atom stereocenters. The first kappa shape index (κ1) is 12.4. The summed E-state index contributed by atoms with van der Waals surface area (Å²) >= 11 is 1.83. The van der Waals surface area contributed by atoms with Crippen molar-refractivity contribution in [3.63, 3.8) is 0 Å². The van der Waals surface area contributed by atoms with Crippen molar-refractivity contribution < 1.29 is 9.52 Å². The predicted octanol–water partition coefficient (Wildman–Crippen LogP) is 2.74. The van der Waals surface area contributed by atoms with E-state index in [-0.39, 0.29) is 6.61 Å². The molecule has 0 unspecified atom stereocenters. The summed E-state index contributed by atoms with van der Waals surface area (Å²) in [4.78, 5) is 2.72. The Kier molecular flexibility index (Phi) is 3.99. The van der Waals surface area contributed by atoms with Crippen molar-refractivity contribution in [1.29, 1.82) is 0 Å². The summed E-state index contributed by atoms with van der Waals surface area (Å²) in [6.45, 7) is 5.78. The van der Waals surface area contributed by atoms with Crippen LogP contribution >= 0.6 is 11.3 Å². The summed E-state index contributed by atoms with van der Waals surface area (Å²) in [6.07, 6.45) is 0. The Morgan fingerprint density at radius 1 is 1.24 bits per heavy atom. The van der Waals surface area contributed by atoms with Gasteiger partial charge in [-0.2, -0.15) is 0 Å². The maximum Gasteiger partial charge on any atom is 0.129 e. The molecule has 0 saturated heterocycles. The number of rotatable bonds is 5. The molecule has 0 aliphatic heterocycles. The van der Waals surface area contributed by atoms with Gasteiger partial charge in [0.1, 0.15) is 18.1 Å². The zero-order valence-corrected chi connectivity index (χ0v) is 10.9. The number of aryl methyl sites for hydroxylation is 2. The van der Waals surface area contributed by atoms with Crippen molar-refractivity contribution in [3.8, 4) is 0 Å². The van der Waals surface area contributed by atoms with E-state index in [1.165, 1.54) is 15.3 Å². The van der Waals surface area contributed by atoms with Crippen molar-refractivity contribution in [1.82, 2.24) is 5.32 Å². The second-order valence-electron chi connectivity index (χ2n) is 4.08. The summed E-state index contributed by atoms with van der Waals surface area (Å²) in [5.41, 5.74) is 1.35. The van der Waals surface area contributed by atoms with E-state index in [0.29, 0.717) is 12.3 Å². The molecule has 0 spiro atoms. The molecule has 3 nitrogen and oxygen atoms in total. The van der Waals surface area contributed by atoms with Crippen molar-refractivity contribution >= 4 is 11.3 Å². The topological polar surface area (TPSA) is 45.4 Å². The molecular weight excluding hydrogens is 234 g/mol. The molecular formula is C13H17NO2S. The number of nitrogens with one attached hydrogen (secondary N) is 1. The quantitative estimate of drug-likeness (QED) is 0.859. The van der Waals surface area contributed by atoms with Gasteiger partial charge >= 0.3 is 0 Å². The summed E-state index contributed by atoms with van der Waals surface area (Å²) in [6, 6.07) is 5.91. The molecule has 0 aliphatic carbocycles. The molecule has 0 amide bonds. The number of aliphatic hydroxyl groups excluding tert-OH is 1. The SMILES string of the molecule is Cc1cc(CNCc2ccc(CO)o2)sc1C. The third-order valence-corrected chi connectivity index (χ3v) is 3.84. The molecule has 2 rings (SSSR count). The molecule has 2 N–H and O–H groups in total. The van der Waals surface area contributed by atoms with Crippen LogP contribution in [-0.4, -0.2) is 5.11 Å². The third kappa shape index (κ3) is 3.19. The van der Waals surface area contributed by atoms with Crippen LogP contribution in [0.3, 0.4) is 0 Å². The maximum atomic E-state index is 8.88. The highest BCUT2D eigenvalue weighted by Crippen LogP contribution is 2.20. The summed E-state index contributed by atoms with van der Waals surface area (Å²) < 4.78 is 5.39. The summed E-state index contributed by atoms with van der Waals surface area (Å²) in [5.74, 6) is 1.48. The zero-order valence-electron chi connectivity index (χ0n) is 10.1. The minimum Gasteiger partial charge on any atom is -0.462 e. The van der Waals surface area contributed by atoms with Gasteiger partial charge in [-0.25, -0.2) is 0 Å². The first-order valence-corrected chi connectivity index (χ1v) is 6.46. The monoisotopic (exact) mass is 251 g/mol. The summed E-state index contributed by atoms with van der Waals surface area (Å²) in [5, 5.41) is 12.2. The lowest BCUT2D eigenvalue weighted by molar-refractivity contribution is 0.242.